The quantitative estimate of drug-likeness (QED) is 0.586. The number of nitrogens with one attached hydrogen (secondary N) is 3. The Kier molecular flexibility index (Phi) is 5.14. The fourth-order valence-corrected chi connectivity index (χ4v) is 3.03. The minimum Gasteiger partial charge on any atom is -0.480 e. The van der Waals surface area contributed by atoms with E-state index in [1.807, 2.05) is 6.07 Å². The molecule has 1 aromatic rings. The van der Waals surface area contributed by atoms with Crippen molar-refractivity contribution < 1.29 is 14.7 Å². The molecule has 8 nitrogen and oxygen atoms in total. The van der Waals surface area contributed by atoms with Gasteiger partial charge in [0.05, 0.1) is 12.6 Å². The third-order valence-corrected chi connectivity index (χ3v) is 4.27. The van der Waals surface area contributed by atoms with Crippen molar-refractivity contribution in [3.8, 4) is 0 Å². The first-order valence-electron chi connectivity index (χ1n) is 8.31. The van der Waals surface area contributed by atoms with E-state index in [2.05, 4.69) is 27.0 Å². The number of urea groups is 1. The fourth-order valence-electron chi connectivity index (χ4n) is 3.03. The maximum absolute atomic E-state index is 11.8. The van der Waals surface area contributed by atoms with Gasteiger partial charge in [-0.25, -0.2) is 9.78 Å². The van der Waals surface area contributed by atoms with Crippen molar-refractivity contribution in [2.45, 2.75) is 25.3 Å². The summed E-state index contributed by atoms with van der Waals surface area (Å²) in [4.78, 5) is 28.7. The predicted octanol–water partition coefficient (Wildman–Crippen LogP) is 0.0502. The number of rotatable bonds is 6. The molecule has 130 valence electrons. The Morgan fingerprint density at radius 1 is 1.38 bits per heavy atom. The monoisotopic (exact) mass is 333 g/mol. The van der Waals surface area contributed by atoms with Gasteiger partial charge in [-0.05, 0) is 24.5 Å². The second-order valence-electron chi connectivity index (χ2n) is 6.28. The molecule has 0 saturated carbocycles. The van der Waals surface area contributed by atoms with Gasteiger partial charge in [0, 0.05) is 38.3 Å². The number of pyridine rings is 1. The van der Waals surface area contributed by atoms with Crippen molar-refractivity contribution in [1.29, 1.82) is 0 Å². The van der Waals surface area contributed by atoms with Crippen molar-refractivity contribution in [2.75, 3.05) is 38.0 Å². The Morgan fingerprint density at radius 2 is 2.21 bits per heavy atom. The van der Waals surface area contributed by atoms with Crippen LogP contribution in [0.5, 0.6) is 0 Å². The van der Waals surface area contributed by atoms with Crippen molar-refractivity contribution in [2.24, 2.45) is 0 Å². The van der Waals surface area contributed by atoms with Gasteiger partial charge >= 0.3 is 12.0 Å². The second kappa shape index (κ2) is 7.48. The van der Waals surface area contributed by atoms with Crippen molar-refractivity contribution in [3.05, 3.63) is 23.4 Å². The van der Waals surface area contributed by atoms with Crippen molar-refractivity contribution >= 4 is 17.8 Å². The molecule has 3 heterocycles. The Bertz CT molecular complexity index is 616. The zero-order valence-electron chi connectivity index (χ0n) is 13.5. The molecule has 2 aliphatic heterocycles. The summed E-state index contributed by atoms with van der Waals surface area (Å²) >= 11 is 0. The maximum atomic E-state index is 11.8. The van der Waals surface area contributed by atoms with Gasteiger partial charge < -0.3 is 21.1 Å². The van der Waals surface area contributed by atoms with Crippen LogP contribution in [0.3, 0.4) is 0 Å². The van der Waals surface area contributed by atoms with Crippen LogP contribution in [0.4, 0.5) is 10.6 Å². The van der Waals surface area contributed by atoms with Gasteiger partial charge in [0.15, 0.2) is 0 Å². The number of carbonyl (C=O) groups is 2. The standard InChI is InChI=1S/C16H23N5O3/c22-14(23)10-21-8-13(9-21)20-16(24)18-7-5-12-4-3-11-2-1-6-17-15(11)19-12/h3-4,13H,1-2,5-10H2,(H,17,19)(H,22,23)(H2,18,20,24). The van der Waals surface area contributed by atoms with E-state index in [-0.39, 0.29) is 18.6 Å². The van der Waals surface area contributed by atoms with E-state index in [4.69, 9.17) is 5.11 Å². The average Bonchev–Trinajstić information content (AvgIpc) is 2.52. The van der Waals surface area contributed by atoms with Crippen LogP contribution < -0.4 is 16.0 Å². The van der Waals surface area contributed by atoms with Gasteiger partial charge in [-0.3, -0.25) is 9.69 Å². The smallest absolute Gasteiger partial charge is 0.317 e. The molecule has 4 N–H and O–H groups in total. The molecule has 0 aliphatic carbocycles. The molecule has 0 bridgehead atoms. The normalized spacial score (nSPS) is 17.3. The number of aliphatic carboxylic acids is 1. The minimum atomic E-state index is -0.843. The summed E-state index contributed by atoms with van der Waals surface area (Å²) in [7, 11) is 0. The number of aryl methyl sites for hydroxylation is 1. The first-order valence-corrected chi connectivity index (χ1v) is 8.31. The van der Waals surface area contributed by atoms with E-state index in [0.29, 0.717) is 26.1 Å². The fraction of sp³-hybridized carbons (Fsp3) is 0.562. The molecule has 8 heteroatoms. The molecule has 1 saturated heterocycles. The van der Waals surface area contributed by atoms with E-state index < -0.39 is 5.97 Å². The van der Waals surface area contributed by atoms with Crippen LogP contribution in [0, 0.1) is 0 Å². The minimum absolute atomic E-state index is 0.0235. The number of carbonyl (C=O) groups excluding carboxylic acids is 1. The molecule has 0 aromatic carbocycles. The van der Waals surface area contributed by atoms with Crippen LogP contribution in [-0.4, -0.2) is 65.8 Å². The number of amides is 2. The van der Waals surface area contributed by atoms with Crippen molar-refractivity contribution in [1.82, 2.24) is 20.5 Å². The first kappa shape index (κ1) is 16.5. The lowest BCUT2D eigenvalue weighted by Crippen LogP contribution is -2.61. The summed E-state index contributed by atoms with van der Waals surface area (Å²) in [5.41, 5.74) is 2.21. The van der Waals surface area contributed by atoms with Gasteiger partial charge in [0.25, 0.3) is 0 Å². The molecule has 1 fully saturated rings. The number of anilines is 1. The highest BCUT2D eigenvalue weighted by molar-refractivity contribution is 5.74. The number of carboxylic acid groups (broad SMARTS) is 1. The van der Waals surface area contributed by atoms with Gasteiger partial charge in [-0.15, -0.1) is 0 Å². The Labute approximate surface area is 140 Å². The zero-order valence-corrected chi connectivity index (χ0v) is 13.5. The highest BCUT2D eigenvalue weighted by atomic mass is 16.4. The Morgan fingerprint density at radius 3 is 3.00 bits per heavy atom. The van der Waals surface area contributed by atoms with E-state index in [9.17, 15) is 9.59 Å². The number of carboxylic acids is 1. The van der Waals surface area contributed by atoms with Gasteiger partial charge in [-0.2, -0.15) is 0 Å². The molecule has 24 heavy (non-hydrogen) atoms. The Hall–Kier alpha value is -2.35. The molecular weight excluding hydrogens is 310 g/mol. The van der Waals surface area contributed by atoms with Gasteiger partial charge in [0.1, 0.15) is 5.82 Å². The second-order valence-corrected chi connectivity index (χ2v) is 6.28. The topological polar surface area (TPSA) is 107 Å². The lowest BCUT2D eigenvalue weighted by Gasteiger charge is -2.38. The van der Waals surface area contributed by atoms with Gasteiger partial charge in [0.2, 0.25) is 0 Å². The highest BCUT2D eigenvalue weighted by Crippen LogP contribution is 2.19. The lowest BCUT2D eigenvalue weighted by molar-refractivity contribution is -0.139. The lowest BCUT2D eigenvalue weighted by atomic mass is 10.1. The molecule has 0 unspecified atom stereocenters. The van der Waals surface area contributed by atoms with E-state index in [1.165, 1.54) is 5.56 Å². The van der Waals surface area contributed by atoms with Crippen molar-refractivity contribution in [3.63, 3.8) is 0 Å². The molecule has 0 radical (unpaired) electrons. The molecule has 2 amide bonds. The summed E-state index contributed by atoms with van der Waals surface area (Å²) in [5.74, 6) is 0.126. The predicted molar refractivity (Wildman–Crippen MR) is 89.1 cm³/mol. The van der Waals surface area contributed by atoms with Crippen LogP contribution in [0.1, 0.15) is 17.7 Å². The summed E-state index contributed by atoms with van der Waals surface area (Å²) in [6.45, 7) is 2.67. The number of hydrogen-bond donors (Lipinski definition) is 4. The molecule has 3 rings (SSSR count). The summed E-state index contributed by atoms with van der Waals surface area (Å²) < 4.78 is 0. The van der Waals surface area contributed by atoms with E-state index in [0.717, 1.165) is 30.9 Å². The van der Waals surface area contributed by atoms with Crippen LogP contribution in [0.25, 0.3) is 0 Å². The van der Waals surface area contributed by atoms with Crippen LogP contribution in [0.15, 0.2) is 12.1 Å². The number of fused-ring (bicyclic) bond motifs is 1. The molecule has 0 spiro atoms. The van der Waals surface area contributed by atoms with Crippen LogP contribution in [-0.2, 0) is 17.6 Å². The first-order chi connectivity index (χ1) is 11.6. The number of likely N-dealkylation sites (tertiary alicyclic amines) is 1. The average molecular weight is 333 g/mol. The molecule has 2 aliphatic rings. The summed E-state index contributed by atoms with van der Waals surface area (Å²) in [6, 6.07) is 3.93. The molecule has 0 atom stereocenters. The van der Waals surface area contributed by atoms with E-state index in [1.54, 1.807) is 4.90 Å². The SMILES string of the molecule is O=C(O)CN1CC(NC(=O)NCCc2ccc3c(n2)NCCC3)C1. The third-order valence-electron chi connectivity index (χ3n) is 4.27. The summed E-state index contributed by atoms with van der Waals surface area (Å²) in [6.07, 6.45) is 2.88. The van der Waals surface area contributed by atoms with Crippen LogP contribution >= 0.6 is 0 Å². The zero-order chi connectivity index (χ0) is 16.9. The molecular formula is C16H23N5O3. The van der Waals surface area contributed by atoms with E-state index >= 15 is 0 Å². The number of hydrogen-bond acceptors (Lipinski definition) is 5. The Balaban J connectivity index is 1.35. The molecule has 1 aromatic heterocycles. The third kappa shape index (κ3) is 4.35. The largest absolute Gasteiger partial charge is 0.480 e. The summed E-state index contributed by atoms with van der Waals surface area (Å²) in [5, 5.41) is 17.6. The number of aromatic nitrogens is 1. The van der Waals surface area contributed by atoms with Crippen LogP contribution in [0.2, 0.25) is 0 Å². The maximum Gasteiger partial charge on any atom is 0.317 e. The van der Waals surface area contributed by atoms with Gasteiger partial charge in [-0.1, -0.05) is 6.07 Å². The number of nitrogens with zero attached hydrogens (tertiary/aromatic N) is 2. The highest BCUT2D eigenvalue weighted by Gasteiger charge is 2.28.